The first-order valence-electron chi connectivity index (χ1n) is 7.62. The molecule has 25 heavy (non-hydrogen) atoms. The van der Waals surface area contributed by atoms with E-state index >= 15 is 0 Å². The maximum Gasteiger partial charge on any atom is 0.363 e. The summed E-state index contributed by atoms with van der Waals surface area (Å²) in [6, 6.07) is 14.3. The number of benzene rings is 2. The van der Waals surface area contributed by atoms with E-state index in [1.54, 1.807) is 37.3 Å². The number of carbonyl (C=O) groups excluding carboxylic acids is 2. The van der Waals surface area contributed by atoms with Gasteiger partial charge in [0.05, 0.1) is 12.2 Å². The molecule has 0 amide bonds. The molecule has 0 saturated heterocycles. The molecule has 2 aromatic rings. The van der Waals surface area contributed by atoms with E-state index in [-0.39, 0.29) is 17.6 Å². The van der Waals surface area contributed by atoms with E-state index < -0.39 is 5.97 Å². The average molecular weight is 447 g/mol. The summed E-state index contributed by atoms with van der Waals surface area (Å²) in [5, 5.41) is 0. The molecule has 0 unspecified atom stereocenters. The zero-order valence-electron chi connectivity index (χ0n) is 13.4. The fraction of sp³-hybridized carbons (Fsp3) is 0.105. The molecule has 6 heteroatoms. The van der Waals surface area contributed by atoms with Gasteiger partial charge in [0.1, 0.15) is 0 Å². The van der Waals surface area contributed by atoms with Crippen LogP contribution < -0.4 is 0 Å². The Morgan fingerprint density at radius 3 is 2.48 bits per heavy atom. The molecular formula is C19H14INO4. The highest BCUT2D eigenvalue weighted by Crippen LogP contribution is 2.20. The van der Waals surface area contributed by atoms with E-state index in [1.807, 2.05) is 24.3 Å². The van der Waals surface area contributed by atoms with E-state index in [0.717, 1.165) is 14.7 Å². The maximum absolute atomic E-state index is 12.0. The summed E-state index contributed by atoms with van der Waals surface area (Å²) in [5.41, 5.74) is 2.17. The number of hydrogen-bond donors (Lipinski definition) is 0. The highest BCUT2D eigenvalue weighted by Gasteiger charge is 2.24. The summed E-state index contributed by atoms with van der Waals surface area (Å²) < 4.78 is 11.3. The van der Waals surface area contributed by atoms with Crippen molar-refractivity contribution in [2.45, 2.75) is 6.92 Å². The first kappa shape index (κ1) is 17.3. The number of rotatable bonds is 4. The lowest BCUT2D eigenvalue weighted by molar-refractivity contribution is -0.129. The van der Waals surface area contributed by atoms with Crippen molar-refractivity contribution in [2.24, 2.45) is 4.99 Å². The lowest BCUT2D eigenvalue weighted by atomic mass is 10.1. The molecule has 0 saturated carbocycles. The molecule has 2 aromatic carbocycles. The van der Waals surface area contributed by atoms with Crippen molar-refractivity contribution in [3.63, 3.8) is 0 Å². The van der Waals surface area contributed by atoms with Gasteiger partial charge in [0.2, 0.25) is 5.90 Å². The minimum absolute atomic E-state index is 0.220. The average Bonchev–Trinajstić information content (AvgIpc) is 2.97. The Morgan fingerprint density at radius 1 is 1.16 bits per heavy atom. The SMILES string of the molecule is CCOC(=O)c1ccc(/C=C2\N=C(c3ccc(I)cc3)OC2=O)cc1. The molecule has 0 N–H and O–H groups in total. The Labute approximate surface area is 158 Å². The lowest BCUT2D eigenvalue weighted by Gasteiger charge is -2.01. The summed E-state index contributed by atoms with van der Waals surface area (Å²) >= 11 is 2.20. The van der Waals surface area contributed by atoms with Crippen LogP contribution in [0.4, 0.5) is 0 Å². The Bertz CT molecular complexity index is 867. The van der Waals surface area contributed by atoms with Crippen LogP contribution in [0.2, 0.25) is 0 Å². The third-order valence-electron chi connectivity index (χ3n) is 3.44. The van der Waals surface area contributed by atoms with Gasteiger partial charge in [0.15, 0.2) is 5.70 Å². The van der Waals surface area contributed by atoms with Gasteiger partial charge in [-0.3, -0.25) is 0 Å². The van der Waals surface area contributed by atoms with Crippen molar-refractivity contribution in [3.05, 3.63) is 74.5 Å². The molecule has 126 valence electrons. The van der Waals surface area contributed by atoms with Gasteiger partial charge in [-0.15, -0.1) is 0 Å². The van der Waals surface area contributed by atoms with Gasteiger partial charge >= 0.3 is 11.9 Å². The number of cyclic esters (lactones) is 1. The quantitative estimate of drug-likeness (QED) is 0.406. The Kier molecular flexibility index (Phi) is 5.28. The number of carbonyl (C=O) groups is 2. The number of nitrogens with zero attached hydrogens (tertiary/aromatic N) is 1. The van der Waals surface area contributed by atoms with Crippen molar-refractivity contribution < 1.29 is 19.1 Å². The predicted octanol–water partition coefficient (Wildman–Crippen LogP) is 3.81. The van der Waals surface area contributed by atoms with Crippen LogP contribution in [0.25, 0.3) is 6.08 Å². The smallest absolute Gasteiger partial charge is 0.363 e. The third-order valence-corrected chi connectivity index (χ3v) is 4.16. The highest BCUT2D eigenvalue weighted by molar-refractivity contribution is 14.1. The van der Waals surface area contributed by atoms with Gasteiger partial charge in [-0.05, 0) is 77.6 Å². The Morgan fingerprint density at radius 2 is 1.84 bits per heavy atom. The first-order chi connectivity index (χ1) is 12.1. The topological polar surface area (TPSA) is 65.0 Å². The molecule has 0 fully saturated rings. The van der Waals surface area contributed by atoms with Crippen molar-refractivity contribution in [1.29, 1.82) is 0 Å². The minimum atomic E-state index is -0.497. The first-order valence-corrected chi connectivity index (χ1v) is 8.70. The summed E-state index contributed by atoms with van der Waals surface area (Å²) in [5.74, 6) is -0.584. The van der Waals surface area contributed by atoms with Gasteiger partial charge in [-0.2, -0.15) is 0 Å². The zero-order valence-corrected chi connectivity index (χ0v) is 15.5. The summed E-state index contributed by atoms with van der Waals surface area (Å²) in [6.45, 7) is 2.08. The molecule has 0 bridgehead atoms. The number of ether oxygens (including phenoxy) is 2. The molecule has 0 aromatic heterocycles. The van der Waals surface area contributed by atoms with Crippen LogP contribution >= 0.6 is 22.6 Å². The predicted molar refractivity (Wildman–Crippen MR) is 102 cm³/mol. The van der Waals surface area contributed by atoms with Gasteiger partial charge in [-0.1, -0.05) is 12.1 Å². The van der Waals surface area contributed by atoms with Crippen LogP contribution in [0.5, 0.6) is 0 Å². The van der Waals surface area contributed by atoms with Crippen LogP contribution in [-0.4, -0.2) is 24.4 Å². The number of halogens is 1. The molecule has 0 aliphatic carbocycles. The summed E-state index contributed by atoms with van der Waals surface area (Å²) in [6.07, 6.45) is 1.62. The largest absolute Gasteiger partial charge is 0.462 e. The van der Waals surface area contributed by atoms with Crippen molar-refractivity contribution in [3.8, 4) is 0 Å². The van der Waals surface area contributed by atoms with Gasteiger partial charge in [0, 0.05) is 9.13 Å². The van der Waals surface area contributed by atoms with Crippen molar-refractivity contribution in [1.82, 2.24) is 0 Å². The number of esters is 2. The fourth-order valence-corrected chi connectivity index (χ4v) is 2.57. The van der Waals surface area contributed by atoms with Crippen LogP contribution in [0.3, 0.4) is 0 Å². The van der Waals surface area contributed by atoms with Gasteiger partial charge < -0.3 is 9.47 Å². The van der Waals surface area contributed by atoms with E-state index in [4.69, 9.17) is 9.47 Å². The van der Waals surface area contributed by atoms with Crippen LogP contribution in [0.15, 0.2) is 59.2 Å². The molecule has 5 nitrogen and oxygen atoms in total. The molecule has 0 radical (unpaired) electrons. The Hall–Kier alpha value is -2.48. The van der Waals surface area contributed by atoms with Gasteiger partial charge in [-0.25, -0.2) is 14.6 Å². The molecule has 0 atom stereocenters. The van der Waals surface area contributed by atoms with Crippen LogP contribution in [0.1, 0.15) is 28.4 Å². The normalized spacial score (nSPS) is 15.0. The third kappa shape index (κ3) is 4.14. The van der Waals surface area contributed by atoms with Crippen molar-refractivity contribution >= 4 is 46.5 Å². The summed E-state index contributed by atoms with van der Waals surface area (Å²) in [4.78, 5) is 27.9. The molecule has 1 heterocycles. The number of aliphatic imine (C=N–C) groups is 1. The zero-order chi connectivity index (χ0) is 17.8. The molecular weight excluding hydrogens is 433 g/mol. The molecule has 0 spiro atoms. The Balaban J connectivity index is 1.82. The van der Waals surface area contributed by atoms with Crippen LogP contribution in [0, 0.1) is 3.57 Å². The minimum Gasteiger partial charge on any atom is -0.462 e. The lowest BCUT2D eigenvalue weighted by Crippen LogP contribution is -2.05. The maximum atomic E-state index is 12.0. The fourth-order valence-electron chi connectivity index (χ4n) is 2.21. The van der Waals surface area contributed by atoms with Crippen molar-refractivity contribution in [2.75, 3.05) is 6.61 Å². The second-order valence-corrected chi connectivity index (χ2v) is 6.43. The molecule has 1 aliphatic heterocycles. The molecule has 3 rings (SSSR count). The number of hydrogen-bond acceptors (Lipinski definition) is 5. The van der Waals surface area contributed by atoms with E-state index in [0.29, 0.717) is 12.2 Å². The van der Waals surface area contributed by atoms with Crippen LogP contribution in [-0.2, 0) is 14.3 Å². The summed E-state index contributed by atoms with van der Waals surface area (Å²) in [7, 11) is 0. The van der Waals surface area contributed by atoms with E-state index in [9.17, 15) is 9.59 Å². The highest BCUT2D eigenvalue weighted by atomic mass is 127. The van der Waals surface area contributed by atoms with Gasteiger partial charge in [0.25, 0.3) is 0 Å². The second-order valence-electron chi connectivity index (χ2n) is 5.19. The van der Waals surface area contributed by atoms with E-state index in [1.165, 1.54) is 0 Å². The second kappa shape index (κ2) is 7.60. The van der Waals surface area contributed by atoms with E-state index in [2.05, 4.69) is 27.6 Å². The molecule has 1 aliphatic rings. The standard InChI is InChI=1S/C19H14INO4/c1-2-24-18(22)14-5-3-12(4-6-14)11-16-19(23)25-17(21-16)13-7-9-15(20)10-8-13/h3-11H,2H2,1H3/b16-11-. The monoisotopic (exact) mass is 447 g/mol.